The monoisotopic (exact) mass is 243 g/mol. The summed E-state index contributed by atoms with van der Waals surface area (Å²) in [7, 11) is 0. The Bertz CT molecular complexity index is 283. The van der Waals surface area contributed by atoms with Gasteiger partial charge in [-0.05, 0) is 33.1 Å². The second kappa shape index (κ2) is 4.82. The molecule has 0 rings (SSSR count). The molecule has 3 heteroatoms. The largest absolute Gasteiger partial charge is 0.301 e. The first-order chi connectivity index (χ1) is 6.89. The van der Waals surface area contributed by atoms with Crippen LogP contribution in [-0.2, 0) is 4.79 Å². The minimum absolute atomic E-state index is 0.0363. The van der Waals surface area contributed by atoms with Gasteiger partial charge in [-0.15, -0.1) is 0 Å². The normalized spacial score (nSPS) is 14.5. The Morgan fingerprint density at radius 2 is 1.50 bits per heavy atom. The fourth-order valence-corrected chi connectivity index (χ4v) is 1.89. The van der Waals surface area contributed by atoms with Crippen molar-refractivity contribution in [2.45, 2.75) is 60.9 Å². The van der Waals surface area contributed by atoms with Crippen molar-refractivity contribution in [1.29, 1.82) is 0 Å². The molecular weight excluding hydrogens is 218 g/mol. The number of hydrogen-bond acceptors (Lipinski definition) is 2. The molecule has 2 nitrogen and oxygen atoms in total. The van der Waals surface area contributed by atoms with E-state index in [1.807, 2.05) is 34.6 Å². The van der Waals surface area contributed by atoms with Crippen LogP contribution in [0.4, 0.5) is 0 Å². The SMILES string of the molecule is CC(=S)N(C(=O)C(C)C(C)(C)C)C(C)(C)C. The Morgan fingerprint density at radius 1 is 1.12 bits per heavy atom. The molecular formula is C13H25NOS. The van der Waals surface area contributed by atoms with Crippen LogP contribution in [0.5, 0.6) is 0 Å². The predicted molar refractivity (Wildman–Crippen MR) is 73.5 cm³/mol. The molecule has 1 atom stereocenters. The lowest BCUT2D eigenvalue weighted by molar-refractivity contribution is -0.137. The molecule has 0 aliphatic rings. The Labute approximate surface area is 105 Å². The van der Waals surface area contributed by atoms with Gasteiger partial charge in [-0.2, -0.15) is 0 Å². The third kappa shape index (κ3) is 3.85. The van der Waals surface area contributed by atoms with E-state index in [0.29, 0.717) is 4.99 Å². The number of amides is 1. The molecule has 0 aromatic heterocycles. The number of rotatable bonds is 1. The number of hydrogen-bond donors (Lipinski definition) is 0. The van der Waals surface area contributed by atoms with Crippen molar-refractivity contribution < 1.29 is 4.79 Å². The van der Waals surface area contributed by atoms with Gasteiger partial charge in [-0.3, -0.25) is 4.79 Å². The molecule has 0 fully saturated rings. The van der Waals surface area contributed by atoms with Crippen molar-refractivity contribution in [3.8, 4) is 0 Å². The van der Waals surface area contributed by atoms with Crippen molar-refractivity contribution in [2.75, 3.05) is 0 Å². The summed E-state index contributed by atoms with van der Waals surface area (Å²) >= 11 is 5.19. The Kier molecular flexibility index (Phi) is 4.69. The van der Waals surface area contributed by atoms with Crippen LogP contribution < -0.4 is 0 Å². The van der Waals surface area contributed by atoms with Crippen molar-refractivity contribution in [3.05, 3.63) is 0 Å². The highest BCUT2D eigenvalue weighted by molar-refractivity contribution is 7.80. The van der Waals surface area contributed by atoms with Gasteiger partial charge in [-0.25, -0.2) is 0 Å². The highest BCUT2D eigenvalue weighted by Crippen LogP contribution is 2.29. The van der Waals surface area contributed by atoms with Gasteiger partial charge in [0.25, 0.3) is 0 Å². The van der Waals surface area contributed by atoms with Gasteiger partial charge in [0.2, 0.25) is 5.91 Å². The average Bonchev–Trinajstić information content (AvgIpc) is 1.97. The molecule has 0 aromatic carbocycles. The van der Waals surface area contributed by atoms with Gasteiger partial charge in [0, 0.05) is 11.5 Å². The van der Waals surface area contributed by atoms with Crippen molar-refractivity contribution in [3.63, 3.8) is 0 Å². The molecule has 0 aliphatic heterocycles. The first kappa shape index (κ1) is 15.6. The smallest absolute Gasteiger partial charge is 0.231 e. The second-order valence-corrected chi connectivity index (χ2v) is 7.04. The standard InChI is InChI=1S/C13H25NOS/c1-9(12(3,4)5)11(15)14(10(2)16)13(6,7)8/h9H,1-8H3. The third-order valence-corrected chi connectivity index (χ3v) is 3.06. The van der Waals surface area contributed by atoms with Gasteiger partial charge >= 0.3 is 0 Å². The van der Waals surface area contributed by atoms with Crippen LogP contribution >= 0.6 is 12.2 Å². The summed E-state index contributed by atoms with van der Waals surface area (Å²) in [6.07, 6.45) is 0. The van der Waals surface area contributed by atoms with Gasteiger partial charge in [0.1, 0.15) is 0 Å². The van der Waals surface area contributed by atoms with Crippen molar-refractivity contribution >= 4 is 23.1 Å². The molecule has 0 aliphatic carbocycles. The molecule has 94 valence electrons. The maximum absolute atomic E-state index is 12.4. The molecule has 0 spiro atoms. The number of carbonyl (C=O) groups is 1. The van der Waals surface area contributed by atoms with E-state index in [2.05, 4.69) is 20.8 Å². The minimum Gasteiger partial charge on any atom is -0.301 e. The fourth-order valence-electron chi connectivity index (χ4n) is 1.52. The summed E-state index contributed by atoms with van der Waals surface area (Å²) in [4.78, 5) is 14.8. The van der Waals surface area contributed by atoms with E-state index in [4.69, 9.17) is 12.2 Å². The molecule has 0 saturated carbocycles. The molecule has 0 radical (unpaired) electrons. The van der Waals surface area contributed by atoms with Crippen LogP contribution in [0.2, 0.25) is 0 Å². The van der Waals surface area contributed by atoms with Crippen LogP contribution in [0.1, 0.15) is 55.4 Å². The van der Waals surface area contributed by atoms with Gasteiger partial charge < -0.3 is 4.90 Å². The van der Waals surface area contributed by atoms with Crippen LogP contribution in [0.15, 0.2) is 0 Å². The zero-order valence-electron chi connectivity index (χ0n) is 11.8. The topological polar surface area (TPSA) is 20.3 Å². The van der Waals surface area contributed by atoms with Gasteiger partial charge in [-0.1, -0.05) is 39.9 Å². The minimum atomic E-state index is -0.248. The van der Waals surface area contributed by atoms with Crippen molar-refractivity contribution in [1.82, 2.24) is 4.90 Å². The lowest BCUT2D eigenvalue weighted by atomic mass is 9.80. The van der Waals surface area contributed by atoms with E-state index in [1.54, 1.807) is 4.90 Å². The molecule has 0 saturated heterocycles. The summed E-state index contributed by atoms with van der Waals surface area (Å²) in [5.74, 6) is 0.0807. The maximum atomic E-state index is 12.4. The first-order valence-corrected chi connectivity index (χ1v) is 6.14. The summed E-state index contributed by atoms with van der Waals surface area (Å²) in [6, 6.07) is 0. The Hall–Kier alpha value is -0.440. The van der Waals surface area contributed by atoms with E-state index in [9.17, 15) is 4.79 Å². The number of thiocarbonyl (C=S) groups is 1. The Balaban J connectivity index is 5.14. The van der Waals surface area contributed by atoms with Crippen molar-refractivity contribution in [2.24, 2.45) is 11.3 Å². The molecule has 0 N–H and O–H groups in total. The highest BCUT2D eigenvalue weighted by Gasteiger charge is 2.35. The van der Waals surface area contributed by atoms with E-state index in [-0.39, 0.29) is 22.8 Å². The molecule has 0 heterocycles. The van der Waals surface area contributed by atoms with Gasteiger partial charge in [0.15, 0.2) is 0 Å². The quantitative estimate of drug-likeness (QED) is 0.655. The fraction of sp³-hybridized carbons (Fsp3) is 0.846. The van der Waals surface area contributed by atoms with Crippen LogP contribution in [0.3, 0.4) is 0 Å². The second-order valence-electron chi connectivity index (χ2n) is 6.45. The summed E-state index contributed by atoms with van der Waals surface area (Å²) in [5.41, 5.74) is -0.284. The number of nitrogens with zero attached hydrogens (tertiary/aromatic N) is 1. The lowest BCUT2D eigenvalue weighted by Crippen LogP contribution is -2.51. The highest BCUT2D eigenvalue weighted by atomic mass is 32.1. The van der Waals surface area contributed by atoms with E-state index >= 15 is 0 Å². The third-order valence-electron chi connectivity index (χ3n) is 2.88. The number of carbonyl (C=O) groups excluding carboxylic acids is 1. The zero-order valence-corrected chi connectivity index (χ0v) is 12.7. The Morgan fingerprint density at radius 3 is 1.69 bits per heavy atom. The van der Waals surface area contributed by atoms with E-state index in [1.165, 1.54) is 0 Å². The predicted octanol–water partition coefficient (Wildman–Crippen LogP) is 3.64. The molecule has 0 aromatic rings. The summed E-state index contributed by atoms with van der Waals surface area (Å²) < 4.78 is 0. The van der Waals surface area contributed by atoms with Crippen LogP contribution in [-0.4, -0.2) is 21.3 Å². The van der Waals surface area contributed by atoms with E-state index in [0.717, 1.165) is 0 Å². The molecule has 1 unspecified atom stereocenters. The van der Waals surface area contributed by atoms with Gasteiger partial charge in [0.05, 0.1) is 4.99 Å². The van der Waals surface area contributed by atoms with E-state index < -0.39 is 0 Å². The average molecular weight is 243 g/mol. The van der Waals surface area contributed by atoms with Crippen LogP contribution in [0.25, 0.3) is 0 Å². The maximum Gasteiger partial charge on any atom is 0.231 e. The van der Waals surface area contributed by atoms with Crippen LogP contribution in [0, 0.1) is 11.3 Å². The summed E-state index contributed by atoms with van der Waals surface area (Å²) in [5, 5.41) is 0. The lowest BCUT2D eigenvalue weighted by Gasteiger charge is -2.39. The molecule has 0 bridgehead atoms. The first-order valence-electron chi connectivity index (χ1n) is 5.73. The molecule has 16 heavy (non-hydrogen) atoms. The zero-order chi connectivity index (χ0) is 13.3. The molecule has 1 amide bonds. The summed E-state index contributed by atoms with van der Waals surface area (Å²) in [6.45, 7) is 16.1.